The Morgan fingerprint density at radius 2 is 1.57 bits per heavy atom. The van der Waals surface area contributed by atoms with Gasteiger partial charge in [-0.15, -0.1) is 0 Å². The molecule has 0 fully saturated rings. The van der Waals surface area contributed by atoms with E-state index < -0.39 is 17.8 Å². The number of aromatic nitrogens is 2. The Morgan fingerprint density at radius 3 is 2.13 bits per heavy atom. The molecule has 1 N–H and O–H groups in total. The summed E-state index contributed by atoms with van der Waals surface area (Å²) in [4.78, 5) is 35.3. The maximum absolute atomic E-state index is 12.2. The minimum atomic E-state index is -0.610. The first-order chi connectivity index (χ1) is 11.0. The van der Waals surface area contributed by atoms with Crippen LogP contribution < -0.4 is 5.32 Å². The van der Waals surface area contributed by atoms with Gasteiger partial charge >= 0.3 is 11.9 Å². The number of carbonyl (C=O) groups excluding carboxylic acids is 3. The number of rotatable bonds is 4. The van der Waals surface area contributed by atoms with E-state index in [2.05, 4.69) is 19.9 Å². The van der Waals surface area contributed by atoms with E-state index in [0.717, 1.165) is 0 Å². The number of anilines is 1. The number of ether oxygens (including phenoxy) is 2. The Morgan fingerprint density at radius 1 is 1.00 bits per heavy atom. The Bertz CT molecular complexity index is 749. The van der Waals surface area contributed by atoms with Gasteiger partial charge < -0.3 is 14.8 Å². The molecule has 0 saturated heterocycles. The van der Waals surface area contributed by atoms with E-state index in [4.69, 9.17) is 0 Å². The van der Waals surface area contributed by atoms with E-state index in [0.29, 0.717) is 11.1 Å². The van der Waals surface area contributed by atoms with Crippen LogP contribution in [0.3, 0.4) is 0 Å². The van der Waals surface area contributed by atoms with Gasteiger partial charge in [0, 0.05) is 12.6 Å². The molecular formula is C15H15N3O5. The molecule has 1 heterocycles. The van der Waals surface area contributed by atoms with Crippen LogP contribution in [0.25, 0.3) is 0 Å². The number of benzene rings is 1. The topological polar surface area (TPSA) is 99.5 Å². The number of carbonyl (C=O) groups is 3. The summed E-state index contributed by atoms with van der Waals surface area (Å²) in [5, 5.41) is 6.51. The molecule has 0 bridgehead atoms. The Kier molecular flexibility index (Phi) is 4.75. The molecule has 0 aliphatic carbocycles. The second-order valence-corrected chi connectivity index (χ2v) is 4.55. The highest BCUT2D eigenvalue weighted by Gasteiger charge is 2.19. The van der Waals surface area contributed by atoms with E-state index in [1.807, 2.05) is 0 Å². The number of hydrogen-bond acceptors (Lipinski definition) is 6. The summed E-state index contributed by atoms with van der Waals surface area (Å²) in [5.41, 5.74) is 1.02. The van der Waals surface area contributed by atoms with Crippen LogP contribution in [0.1, 0.15) is 31.2 Å². The van der Waals surface area contributed by atoms with Gasteiger partial charge in [0.1, 0.15) is 0 Å². The molecule has 8 nitrogen and oxygen atoms in total. The maximum Gasteiger partial charge on any atom is 0.358 e. The number of nitrogens with one attached hydrogen (secondary N) is 1. The van der Waals surface area contributed by atoms with Crippen LogP contribution in [0.15, 0.2) is 30.5 Å². The molecule has 0 radical (unpaired) electrons. The maximum atomic E-state index is 12.2. The first kappa shape index (κ1) is 16.2. The van der Waals surface area contributed by atoms with Crippen molar-refractivity contribution >= 4 is 23.5 Å². The predicted octanol–water partition coefficient (Wildman–Crippen LogP) is 1.25. The third-order valence-electron chi connectivity index (χ3n) is 3.13. The van der Waals surface area contributed by atoms with Gasteiger partial charge in [-0.05, 0) is 24.3 Å². The van der Waals surface area contributed by atoms with Crippen molar-refractivity contribution in [3.8, 4) is 0 Å². The van der Waals surface area contributed by atoms with E-state index >= 15 is 0 Å². The minimum absolute atomic E-state index is 0.132. The van der Waals surface area contributed by atoms with Crippen molar-refractivity contribution in [2.45, 2.75) is 0 Å². The van der Waals surface area contributed by atoms with Crippen LogP contribution in [-0.4, -0.2) is 41.8 Å². The monoisotopic (exact) mass is 317 g/mol. The fraction of sp³-hybridized carbons (Fsp3) is 0.200. The van der Waals surface area contributed by atoms with Crippen molar-refractivity contribution in [1.29, 1.82) is 0 Å². The van der Waals surface area contributed by atoms with E-state index in [1.54, 1.807) is 7.05 Å². The van der Waals surface area contributed by atoms with Crippen LogP contribution in [0.4, 0.5) is 5.69 Å². The highest BCUT2D eigenvalue weighted by Crippen LogP contribution is 2.16. The smallest absolute Gasteiger partial charge is 0.358 e. The molecule has 8 heteroatoms. The minimum Gasteiger partial charge on any atom is -0.465 e. The fourth-order valence-corrected chi connectivity index (χ4v) is 1.94. The number of aryl methyl sites for hydroxylation is 1. The van der Waals surface area contributed by atoms with E-state index in [-0.39, 0.29) is 11.4 Å². The first-order valence-electron chi connectivity index (χ1n) is 6.58. The van der Waals surface area contributed by atoms with Crippen LogP contribution in [0.2, 0.25) is 0 Å². The molecule has 120 valence electrons. The number of nitrogens with zero attached hydrogens (tertiary/aromatic N) is 2. The van der Waals surface area contributed by atoms with Crippen molar-refractivity contribution in [2.75, 3.05) is 19.5 Å². The summed E-state index contributed by atoms with van der Waals surface area (Å²) >= 11 is 0. The summed E-state index contributed by atoms with van der Waals surface area (Å²) < 4.78 is 10.6. The van der Waals surface area contributed by atoms with Crippen molar-refractivity contribution < 1.29 is 23.9 Å². The average Bonchev–Trinajstić information content (AvgIpc) is 2.93. The highest BCUT2D eigenvalue weighted by atomic mass is 16.5. The molecule has 0 saturated carbocycles. The van der Waals surface area contributed by atoms with E-state index in [9.17, 15) is 14.4 Å². The van der Waals surface area contributed by atoms with Gasteiger partial charge in [0.05, 0.1) is 31.7 Å². The summed E-state index contributed by atoms with van der Waals surface area (Å²) in [5.74, 6) is -1.54. The average molecular weight is 317 g/mol. The molecule has 1 aromatic carbocycles. The lowest BCUT2D eigenvalue weighted by Crippen LogP contribution is -2.16. The van der Waals surface area contributed by atoms with Crippen molar-refractivity contribution in [1.82, 2.24) is 9.78 Å². The number of amides is 1. The zero-order chi connectivity index (χ0) is 17.0. The molecule has 1 aromatic heterocycles. The standard InChI is InChI=1S/C15H15N3O5/c1-18-12(15(21)23-3)11(8-16-18)17-13(19)9-4-6-10(7-5-9)14(20)22-2/h4-8H,1-3H3,(H,17,19). The second kappa shape index (κ2) is 6.73. The molecule has 0 aliphatic rings. The van der Waals surface area contributed by atoms with E-state index in [1.165, 1.54) is 49.4 Å². The Labute approximate surface area is 132 Å². The van der Waals surface area contributed by atoms with Gasteiger partial charge in [-0.1, -0.05) is 0 Å². The molecule has 2 rings (SSSR count). The van der Waals surface area contributed by atoms with Gasteiger partial charge in [-0.2, -0.15) is 5.10 Å². The van der Waals surface area contributed by atoms with Gasteiger partial charge in [-0.25, -0.2) is 9.59 Å². The molecule has 0 spiro atoms. The zero-order valence-corrected chi connectivity index (χ0v) is 12.8. The lowest BCUT2D eigenvalue weighted by molar-refractivity contribution is 0.0584. The number of esters is 2. The lowest BCUT2D eigenvalue weighted by Gasteiger charge is -2.07. The van der Waals surface area contributed by atoms with Gasteiger partial charge in [0.2, 0.25) is 0 Å². The first-order valence-corrected chi connectivity index (χ1v) is 6.58. The summed E-state index contributed by atoms with van der Waals surface area (Å²) in [6, 6.07) is 5.92. The zero-order valence-electron chi connectivity index (χ0n) is 12.8. The SMILES string of the molecule is COC(=O)c1ccc(C(=O)Nc2cnn(C)c2C(=O)OC)cc1. The van der Waals surface area contributed by atoms with Crippen LogP contribution >= 0.6 is 0 Å². The Balaban J connectivity index is 2.20. The van der Waals surface area contributed by atoms with Crippen LogP contribution in [0.5, 0.6) is 0 Å². The third kappa shape index (κ3) is 3.37. The van der Waals surface area contributed by atoms with Gasteiger partial charge in [-0.3, -0.25) is 9.48 Å². The predicted molar refractivity (Wildman–Crippen MR) is 80.3 cm³/mol. The van der Waals surface area contributed by atoms with Crippen LogP contribution in [0, 0.1) is 0 Å². The summed E-state index contributed by atoms with van der Waals surface area (Å²) in [6.45, 7) is 0. The molecule has 1 amide bonds. The normalized spacial score (nSPS) is 10.0. The van der Waals surface area contributed by atoms with Gasteiger partial charge in [0.15, 0.2) is 5.69 Å². The molecule has 23 heavy (non-hydrogen) atoms. The fourth-order valence-electron chi connectivity index (χ4n) is 1.94. The van der Waals surface area contributed by atoms with Gasteiger partial charge in [0.25, 0.3) is 5.91 Å². The number of methoxy groups -OCH3 is 2. The highest BCUT2D eigenvalue weighted by molar-refractivity contribution is 6.07. The number of hydrogen-bond donors (Lipinski definition) is 1. The third-order valence-corrected chi connectivity index (χ3v) is 3.13. The molecule has 0 atom stereocenters. The van der Waals surface area contributed by atoms with Crippen molar-refractivity contribution in [2.24, 2.45) is 7.05 Å². The lowest BCUT2D eigenvalue weighted by atomic mass is 10.1. The van der Waals surface area contributed by atoms with Crippen molar-refractivity contribution in [3.05, 3.63) is 47.3 Å². The second-order valence-electron chi connectivity index (χ2n) is 4.55. The molecule has 0 unspecified atom stereocenters. The Hall–Kier alpha value is -3.16. The molecular weight excluding hydrogens is 302 g/mol. The quantitative estimate of drug-likeness (QED) is 0.852. The largest absolute Gasteiger partial charge is 0.465 e. The summed E-state index contributed by atoms with van der Waals surface area (Å²) in [7, 11) is 4.08. The molecule has 0 aliphatic heterocycles. The molecule has 2 aromatic rings. The van der Waals surface area contributed by atoms with Crippen LogP contribution in [-0.2, 0) is 16.5 Å². The summed E-state index contributed by atoms with van der Waals surface area (Å²) in [6.07, 6.45) is 1.35. The van der Waals surface area contributed by atoms with Crippen molar-refractivity contribution in [3.63, 3.8) is 0 Å².